The molecule has 108 valence electrons. The Bertz CT molecular complexity index is 470. The smallest absolute Gasteiger partial charge is 0.416 e. The van der Waals surface area contributed by atoms with E-state index >= 15 is 0 Å². The SMILES string of the molecule is CC(C)CCC(=O)N1C(=O)OC[C@H]1Cc1ccccc1. The summed E-state index contributed by atoms with van der Waals surface area (Å²) in [6.07, 6.45) is 1.35. The van der Waals surface area contributed by atoms with Crippen molar-refractivity contribution in [3.05, 3.63) is 35.9 Å². The first-order valence-electron chi connectivity index (χ1n) is 7.10. The molecule has 1 saturated heterocycles. The van der Waals surface area contributed by atoms with Gasteiger partial charge in [0, 0.05) is 6.42 Å². The van der Waals surface area contributed by atoms with Crippen molar-refractivity contribution < 1.29 is 14.3 Å². The number of hydrogen-bond donors (Lipinski definition) is 0. The number of benzene rings is 1. The molecule has 1 heterocycles. The topological polar surface area (TPSA) is 46.6 Å². The van der Waals surface area contributed by atoms with E-state index in [1.54, 1.807) is 0 Å². The minimum absolute atomic E-state index is 0.123. The number of rotatable bonds is 5. The van der Waals surface area contributed by atoms with Gasteiger partial charge in [-0.1, -0.05) is 44.2 Å². The number of hydrogen-bond acceptors (Lipinski definition) is 3. The molecule has 2 amide bonds. The Labute approximate surface area is 119 Å². The van der Waals surface area contributed by atoms with Gasteiger partial charge in [-0.15, -0.1) is 0 Å². The van der Waals surface area contributed by atoms with Gasteiger partial charge in [0.25, 0.3) is 0 Å². The fraction of sp³-hybridized carbons (Fsp3) is 0.500. The van der Waals surface area contributed by atoms with Crippen molar-refractivity contribution >= 4 is 12.0 Å². The predicted octanol–water partition coefficient (Wildman–Crippen LogP) is 3.01. The van der Waals surface area contributed by atoms with Crippen LogP contribution in [0, 0.1) is 5.92 Å². The van der Waals surface area contributed by atoms with Crippen molar-refractivity contribution in [1.29, 1.82) is 0 Å². The van der Waals surface area contributed by atoms with Crippen LogP contribution in [-0.4, -0.2) is 29.5 Å². The number of ether oxygens (including phenoxy) is 1. The highest BCUT2D eigenvalue weighted by Crippen LogP contribution is 2.19. The Morgan fingerprint density at radius 1 is 1.35 bits per heavy atom. The van der Waals surface area contributed by atoms with E-state index in [2.05, 4.69) is 13.8 Å². The molecule has 0 bridgehead atoms. The average molecular weight is 275 g/mol. The summed E-state index contributed by atoms with van der Waals surface area (Å²) in [6.45, 7) is 4.43. The van der Waals surface area contributed by atoms with Crippen LogP contribution >= 0.6 is 0 Å². The van der Waals surface area contributed by atoms with E-state index in [4.69, 9.17) is 4.74 Å². The minimum Gasteiger partial charge on any atom is -0.447 e. The Morgan fingerprint density at radius 3 is 2.70 bits per heavy atom. The van der Waals surface area contributed by atoms with E-state index in [0.717, 1.165) is 12.0 Å². The number of imide groups is 1. The molecule has 1 atom stereocenters. The van der Waals surface area contributed by atoms with Crippen LogP contribution in [-0.2, 0) is 16.0 Å². The number of amides is 2. The standard InChI is InChI=1S/C16H21NO3/c1-12(2)8-9-15(18)17-14(11-20-16(17)19)10-13-6-4-3-5-7-13/h3-7,12,14H,8-11H2,1-2H3/t14-/m1/s1. The maximum Gasteiger partial charge on any atom is 0.416 e. The molecule has 0 aliphatic carbocycles. The molecular formula is C16H21NO3. The Hall–Kier alpha value is -1.84. The second-order valence-corrected chi connectivity index (χ2v) is 5.62. The largest absolute Gasteiger partial charge is 0.447 e. The van der Waals surface area contributed by atoms with Gasteiger partial charge in [0.05, 0.1) is 6.04 Å². The summed E-state index contributed by atoms with van der Waals surface area (Å²) in [6, 6.07) is 9.69. The second-order valence-electron chi connectivity index (χ2n) is 5.62. The zero-order valence-corrected chi connectivity index (χ0v) is 12.0. The molecule has 0 radical (unpaired) electrons. The number of carbonyl (C=O) groups is 2. The average Bonchev–Trinajstić information content (AvgIpc) is 2.78. The van der Waals surface area contributed by atoms with Crippen LogP contribution in [0.25, 0.3) is 0 Å². The summed E-state index contributed by atoms with van der Waals surface area (Å²) in [5, 5.41) is 0. The predicted molar refractivity (Wildman–Crippen MR) is 76.2 cm³/mol. The third-order valence-electron chi connectivity index (χ3n) is 3.48. The molecule has 0 aromatic heterocycles. The van der Waals surface area contributed by atoms with Crippen LogP contribution < -0.4 is 0 Å². The molecule has 1 fully saturated rings. The van der Waals surface area contributed by atoms with Crippen LogP contribution in [0.5, 0.6) is 0 Å². The zero-order valence-electron chi connectivity index (χ0n) is 12.0. The first-order chi connectivity index (χ1) is 9.58. The normalized spacial score (nSPS) is 18.4. The third-order valence-corrected chi connectivity index (χ3v) is 3.48. The molecule has 1 aromatic rings. The van der Waals surface area contributed by atoms with Gasteiger partial charge in [-0.3, -0.25) is 4.79 Å². The van der Waals surface area contributed by atoms with E-state index in [0.29, 0.717) is 25.4 Å². The van der Waals surface area contributed by atoms with Crippen molar-refractivity contribution in [3.8, 4) is 0 Å². The summed E-state index contributed by atoms with van der Waals surface area (Å²) in [5.74, 6) is 0.326. The molecule has 0 unspecified atom stereocenters. The molecule has 0 spiro atoms. The number of nitrogens with zero attached hydrogens (tertiary/aromatic N) is 1. The molecule has 1 aromatic carbocycles. The highest BCUT2D eigenvalue weighted by Gasteiger charge is 2.37. The minimum atomic E-state index is -0.500. The van der Waals surface area contributed by atoms with Crippen LogP contribution in [0.2, 0.25) is 0 Å². The van der Waals surface area contributed by atoms with E-state index in [1.807, 2.05) is 30.3 Å². The lowest BCUT2D eigenvalue weighted by molar-refractivity contribution is -0.129. The van der Waals surface area contributed by atoms with E-state index in [1.165, 1.54) is 4.90 Å². The van der Waals surface area contributed by atoms with Gasteiger partial charge in [-0.2, -0.15) is 0 Å². The Kier molecular flexibility index (Phi) is 4.77. The fourth-order valence-electron chi connectivity index (χ4n) is 2.34. The fourth-order valence-corrected chi connectivity index (χ4v) is 2.34. The van der Waals surface area contributed by atoms with Gasteiger partial charge in [-0.25, -0.2) is 9.69 Å². The van der Waals surface area contributed by atoms with Crippen LogP contribution in [0.3, 0.4) is 0 Å². The second kappa shape index (κ2) is 6.55. The van der Waals surface area contributed by atoms with Gasteiger partial charge < -0.3 is 4.74 Å². The van der Waals surface area contributed by atoms with Gasteiger partial charge in [0.15, 0.2) is 0 Å². The zero-order chi connectivity index (χ0) is 14.5. The summed E-state index contributed by atoms with van der Waals surface area (Å²) in [7, 11) is 0. The first kappa shape index (κ1) is 14.6. The van der Waals surface area contributed by atoms with Crippen LogP contribution in [0.4, 0.5) is 4.79 Å². The van der Waals surface area contributed by atoms with Gasteiger partial charge >= 0.3 is 6.09 Å². The van der Waals surface area contributed by atoms with Crippen molar-refractivity contribution in [2.45, 2.75) is 39.2 Å². The van der Waals surface area contributed by atoms with E-state index in [9.17, 15) is 9.59 Å². The Balaban J connectivity index is 2.01. The molecule has 4 heteroatoms. The van der Waals surface area contributed by atoms with Gasteiger partial charge in [0.1, 0.15) is 6.61 Å². The monoisotopic (exact) mass is 275 g/mol. The van der Waals surface area contributed by atoms with Crippen molar-refractivity contribution in [3.63, 3.8) is 0 Å². The quantitative estimate of drug-likeness (QED) is 0.830. The highest BCUT2D eigenvalue weighted by molar-refractivity contribution is 5.93. The Morgan fingerprint density at radius 2 is 2.05 bits per heavy atom. The maximum atomic E-state index is 12.2. The van der Waals surface area contributed by atoms with Gasteiger partial charge in [0.2, 0.25) is 5.91 Å². The molecule has 0 N–H and O–H groups in total. The van der Waals surface area contributed by atoms with E-state index in [-0.39, 0.29) is 11.9 Å². The molecule has 1 aliphatic heterocycles. The molecule has 2 rings (SSSR count). The first-order valence-corrected chi connectivity index (χ1v) is 7.10. The maximum absolute atomic E-state index is 12.2. The van der Waals surface area contributed by atoms with Crippen molar-refractivity contribution in [2.75, 3.05) is 6.61 Å². The summed E-state index contributed by atoms with van der Waals surface area (Å²) in [5.41, 5.74) is 1.11. The summed E-state index contributed by atoms with van der Waals surface area (Å²) in [4.78, 5) is 25.2. The lowest BCUT2D eigenvalue weighted by Crippen LogP contribution is -2.40. The summed E-state index contributed by atoms with van der Waals surface area (Å²) < 4.78 is 5.04. The molecule has 4 nitrogen and oxygen atoms in total. The van der Waals surface area contributed by atoms with Crippen molar-refractivity contribution in [1.82, 2.24) is 4.90 Å². The molecule has 20 heavy (non-hydrogen) atoms. The number of cyclic esters (lactones) is 1. The number of carbonyl (C=O) groups excluding carboxylic acids is 2. The van der Waals surface area contributed by atoms with Crippen molar-refractivity contribution in [2.24, 2.45) is 5.92 Å². The third kappa shape index (κ3) is 3.59. The lowest BCUT2D eigenvalue weighted by atomic mass is 10.0. The van der Waals surface area contributed by atoms with Gasteiger partial charge in [-0.05, 0) is 24.3 Å². The van der Waals surface area contributed by atoms with Crippen LogP contribution in [0.15, 0.2) is 30.3 Å². The molecule has 0 saturated carbocycles. The summed E-state index contributed by atoms with van der Waals surface area (Å²) >= 11 is 0. The van der Waals surface area contributed by atoms with E-state index < -0.39 is 6.09 Å². The molecule has 1 aliphatic rings. The van der Waals surface area contributed by atoms with Crippen LogP contribution in [0.1, 0.15) is 32.3 Å². The lowest BCUT2D eigenvalue weighted by Gasteiger charge is -2.20. The highest BCUT2D eigenvalue weighted by atomic mass is 16.6. The molecular weight excluding hydrogens is 254 g/mol.